The van der Waals surface area contributed by atoms with Crippen LogP contribution in [0.4, 0.5) is 0 Å². The molecule has 3 nitrogen and oxygen atoms in total. The number of hydrazone groups is 1. The second-order valence-corrected chi connectivity index (χ2v) is 4.32. The molecule has 13 heavy (non-hydrogen) atoms. The molecule has 0 saturated carbocycles. The highest BCUT2D eigenvalue weighted by Crippen LogP contribution is 2.20. The van der Waals surface area contributed by atoms with Gasteiger partial charge in [0.05, 0.1) is 0 Å². The number of unbranched alkanes of at least 4 members (excludes halogenated alkanes) is 3. The Morgan fingerprint density at radius 1 is 1.46 bits per heavy atom. The highest BCUT2D eigenvalue weighted by Gasteiger charge is 2.22. The summed E-state index contributed by atoms with van der Waals surface area (Å²) in [6, 6.07) is 0. The summed E-state index contributed by atoms with van der Waals surface area (Å²) in [5, 5.41) is 6.12. The zero-order valence-electron chi connectivity index (χ0n) is 7.79. The van der Waals surface area contributed by atoms with Crippen molar-refractivity contribution in [3.63, 3.8) is 0 Å². The number of hydrogen-bond acceptors (Lipinski definition) is 3. The summed E-state index contributed by atoms with van der Waals surface area (Å²) < 4.78 is 1.53. The monoisotopic (exact) mass is 267 g/mol. The standard InChI is InChI=1S/C8H15BrClN3/c1-2-3-4-5-6-13-8(9)12(10)7-11-13/h7-8H,2-6H2,1H3. The fraction of sp³-hybridized carbons (Fsp3) is 0.875. The Labute approximate surface area is 93.0 Å². The van der Waals surface area contributed by atoms with Gasteiger partial charge in [0.25, 0.3) is 0 Å². The average Bonchev–Trinajstić information content (AvgIpc) is 2.43. The molecule has 0 amide bonds. The van der Waals surface area contributed by atoms with Gasteiger partial charge in [-0.05, 0) is 22.4 Å². The van der Waals surface area contributed by atoms with Gasteiger partial charge in [-0.25, -0.2) is 4.42 Å². The molecule has 1 unspecified atom stereocenters. The lowest BCUT2D eigenvalue weighted by molar-refractivity contribution is 0.249. The van der Waals surface area contributed by atoms with Crippen molar-refractivity contribution >= 4 is 34.0 Å². The van der Waals surface area contributed by atoms with Crippen LogP contribution in [0.5, 0.6) is 0 Å². The minimum absolute atomic E-state index is 0.0239. The van der Waals surface area contributed by atoms with Crippen molar-refractivity contribution in [3.8, 4) is 0 Å². The Morgan fingerprint density at radius 3 is 2.77 bits per heavy atom. The summed E-state index contributed by atoms with van der Waals surface area (Å²) in [4.78, 5) is 0. The molecule has 0 aromatic rings. The molecule has 0 saturated heterocycles. The van der Waals surface area contributed by atoms with Crippen LogP contribution in [0.1, 0.15) is 32.6 Å². The molecule has 0 N–H and O–H groups in total. The first-order valence-corrected chi connectivity index (χ1v) is 5.90. The molecule has 0 aliphatic carbocycles. The van der Waals surface area contributed by atoms with Crippen LogP contribution in [-0.4, -0.2) is 27.4 Å². The molecule has 1 heterocycles. The van der Waals surface area contributed by atoms with E-state index in [1.807, 2.05) is 5.01 Å². The third-order valence-electron chi connectivity index (χ3n) is 2.00. The van der Waals surface area contributed by atoms with E-state index in [2.05, 4.69) is 28.0 Å². The molecule has 76 valence electrons. The lowest BCUT2D eigenvalue weighted by Crippen LogP contribution is -2.29. The molecule has 1 rings (SSSR count). The van der Waals surface area contributed by atoms with Crippen LogP contribution < -0.4 is 0 Å². The van der Waals surface area contributed by atoms with Gasteiger partial charge in [-0.2, -0.15) is 5.10 Å². The number of nitrogens with zero attached hydrogens (tertiary/aromatic N) is 3. The molecule has 0 aromatic heterocycles. The van der Waals surface area contributed by atoms with Gasteiger partial charge >= 0.3 is 0 Å². The molecule has 0 spiro atoms. The van der Waals surface area contributed by atoms with Gasteiger partial charge in [0, 0.05) is 18.3 Å². The zero-order valence-corrected chi connectivity index (χ0v) is 10.1. The molecule has 5 heteroatoms. The summed E-state index contributed by atoms with van der Waals surface area (Å²) >= 11 is 9.23. The van der Waals surface area contributed by atoms with E-state index in [1.54, 1.807) is 6.34 Å². The lowest BCUT2D eigenvalue weighted by atomic mass is 10.2. The van der Waals surface area contributed by atoms with Crippen LogP contribution in [0.2, 0.25) is 0 Å². The van der Waals surface area contributed by atoms with Gasteiger partial charge < -0.3 is 0 Å². The van der Waals surface area contributed by atoms with Crippen molar-refractivity contribution in [3.05, 3.63) is 0 Å². The SMILES string of the molecule is CCCCCCN1N=CN(Cl)C1Br. The predicted molar refractivity (Wildman–Crippen MR) is 59.7 cm³/mol. The van der Waals surface area contributed by atoms with Crippen molar-refractivity contribution < 1.29 is 0 Å². The predicted octanol–water partition coefficient (Wildman–Crippen LogP) is 2.96. The minimum atomic E-state index is 0.0239. The average molecular weight is 269 g/mol. The third-order valence-corrected chi connectivity index (χ3v) is 3.42. The fourth-order valence-electron chi connectivity index (χ4n) is 1.22. The highest BCUT2D eigenvalue weighted by atomic mass is 79.9. The molecule has 0 radical (unpaired) electrons. The van der Waals surface area contributed by atoms with E-state index in [1.165, 1.54) is 30.1 Å². The van der Waals surface area contributed by atoms with Crippen LogP contribution in [0, 0.1) is 0 Å². The number of hydrogen-bond donors (Lipinski definition) is 0. The minimum Gasteiger partial charge on any atom is -0.262 e. The molecular weight excluding hydrogens is 253 g/mol. The Bertz CT molecular complexity index is 177. The second-order valence-electron chi connectivity index (χ2n) is 3.11. The summed E-state index contributed by atoms with van der Waals surface area (Å²) in [7, 11) is 0. The van der Waals surface area contributed by atoms with Crippen molar-refractivity contribution in [1.82, 2.24) is 9.43 Å². The Balaban J connectivity index is 2.12. The Kier molecular flexibility index (Phi) is 4.88. The number of halogens is 2. The Morgan fingerprint density at radius 2 is 2.23 bits per heavy atom. The quantitative estimate of drug-likeness (QED) is 0.330. The van der Waals surface area contributed by atoms with E-state index in [-0.39, 0.29) is 5.08 Å². The van der Waals surface area contributed by atoms with E-state index in [9.17, 15) is 0 Å². The van der Waals surface area contributed by atoms with Crippen molar-refractivity contribution in [2.75, 3.05) is 6.54 Å². The first-order valence-electron chi connectivity index (χ1n) is 4.64. The Hall–Kier alpha value is 0.0400. The van der Waals surface area contributed by atoms with Gasteiger partial charge in [0.1, 0.15) is 6.34 Å². The zero-order chi connectivity index (χ0) is 9.68. The van der Waals surface area contributed by atoms with Crippen LogP contribution in [-0.2, 0) is 0 Å². The first kappa shape index (κ1) is 11.1. The summed E-state index contributed by atoms with van der Waals surface area (Å²) in [5.74, 6) is 0. The molecule has 0 bridgehead atoms. The van der Waals surface area contributed by atoms with Crippen LogP contribution in [0.3, 0.4) is 0 Å². The molecular formula is C8H15BrClN3. The van der Waals surface area contributed by atoms with Gasteiger partial charge in [-0.3, -0.25) is 5.01 Å². The van der Waals surface area contributed by atoms with Crippen LogP contribution in [0.25, 0.3) is 0 Å². The van der Waals surface area contributed by atoms with E-state index < -0.39 is 0 Å². The van der Waals surface area contributed by atoms with Crippen molar-refractivity contribution in [2.45, 2.75) is 37.7 Å². The van der Waals surface area contributed by atoms with Crippen LogP contribution in [0.15, 0.2) is 5.10 Å². The smallest absolute Gasteiger partial charge is 0.190 e. The second kappa shape index (κ2) is 5.70. The van der Waals surface area contributed by atoms with Crippen molar-refractivity contribution in [2.24, 2.45) is 5.10 Å². The molecule has 0 fully saturated rings. The maximum atomic E-state index is 5.79. The highest BCUT2D eigenvalue weighted by molar-refractivity contribution is 9.09. The van der Waals surface area contributed by atoms with Gasteiger partial charge in [-0.15, -0.1) is 0 Å². The first-order chi connectivity index (χ1) is 6.25. The summed E-state index contributed by atoms with van der Waals surface area (Å²) in [6.07, 6.45) is 6.64. The maximum absolute atomic E-state index is 5.79. The lowest BCUT2D eigenvalue weighted by Gasteiger charge is -2.20. The van der Waals surface area contributed by atoms with Crippen LogP contribution >= 0.6 is 27.7 Å². The summed E-state index contributed by atoms with van der Waals surface area (Å²) in [5.41, 5.74) is 0. The normalized spacial score (nSPS) is 21.6. The molecule has 1 atom stereocenters. The van der Waals surface area contributed by atoms with E-state index >= 15 is 0 Å². The largest absolute Gasteiger partial charge is 0.262 e. The number of rotatable bonds is 5. The third kappa shape index (κ3) is 3.35. The fourth-order valence-corrected chi connectivity index (χ4v) is 1.77. The van der Waals surface area contributed by atoms with E-state index in [0.717, 1.165) is 6.54 Å². The molecule has 1 aliphatic rings. The molecule has 1 aliphatic heterocycles. The topological polar surface area (TPSA) is 18.8 Å². The van der Waals surface area contributed by atoms with Gasteiger partial charge in [-0.1, -0.05) is 26.2 Å². The number of alkyl halides is 1. The van der Waals surface area contributed by atoms with Gasteiger partial charge in [0.2, 0.25) is 0 Å². The summed E-state index contributed by atoms with van der Waals surface area (Å²) in [6.45, 7) is 3.18. The van der Waals surface area contributed by atoms with Crippen molar-refractivity contribution in [1.29, 1.82) is 0 Å². The molecule has 0 aromatic carbocycles. The van der Waals surface area contributed by atoms with Gasteiger partial charge in [0.15, 0.2) is 5.08 Å². The maximum Gasteiger partial charge on any atom is 0.190 e. The van der Waals surface area contributed by atoms with E-state index in [4.69, 9.17) is 11.8 Å². The van der Waals surface area contributed by atoms with E-state index in [0.29, 0.717) is 0 Å².